The number of hydrogen-bond acceptors (Lipinski definition) is 5. The van der Waals surface area contributed by atoms with Gasteiger partial charge in [-0.1, -0.05) is 35.5 Å². The molecule has 152 valence electrons. The van der Waals surface area contributed by atoms with Crippen LogP contribution in [0.2, 0.25) is 0 Å². The van der Waals surface area contributed by atoms with Gasteiger partial charge in [-0.2, -0.15) is 0 Å². The maximum Gasteiger partial charge on any atom is 0.325 e. The zero-order valence-corrected chi connectivity index (χ0v) is 16.3. The Morgan fingerprint density at radius 1 is 1.28 bits per heavy atom. The van der Waals surface area contributed by atoms with E-state index in [1.807, 2.05) is 18.2 Å². The van der Waals surface area contributed by atoms with Gasteiger partial charge in [-0.25, -0.2) is 4.79 Å². The lowest BCUT2D eigenvalue weighted by Gasteiger charge is -2.35. The molecule has 2 aliphatic rings. The van der Waals surface area contributed by atoms with Crippen LogP contribution >= 0.6 is 0 Å². The van der Waals surface area contributed by atoms with E-state index >= 15 is 0 Å². The summed E-state index contributed by atoms with van der Waals surface area (Å²) in [5.41, 5.74) is 0.443. The second-order valence-corrected chi connectivity index (χ2v) is 7.77. The van der Waals surface area contributed by atoms with Crippen molar-refractivity contribution in [3.8, 4) is 0 Å². The third-order valence-electron chi connectivity index (χ3n) is 5.81. The maximum absolute atomic E-state index is 13.0. The molecule has 0 atom stereocenters. The van der Waals surface area contributed by atoms with Gasteiger partial charge in [0.05, 0.1) is 0 Å². The number of imide groups is 1. The van der Waals surface area contributed by atoms with E-state index in [4.69, 9.17) is 4.52 Å². The van der Waals surface area contributed by atoms with Gasteiger partial charge < -0.3 is 15.2 Å². The van der Waals surface area contributed by atoms with Gasteiger partial charge in [0.2, 0.25) is 5.91 Å². The van der Waals surface area contributed by atoms with Crippen molar-refractivity contribution in [3.05, 3.63) is 47.7 Å². The topological polar surface area (TPSA) is 105 Å². The minimum Gasteiger partial charge on any atom is -0.360 e. The number of anilines is 1. The summed E-state index contributed by atoms with van der Waals surface area (Å²) in [7, 11) is 0. The maximum atomic E-state index is 13.0. The van der Waals surface area contributed by atoms with Gasteiger partial charge in [0.25, 0.3) is 5.91 Å². The van der Waals surface area contributed by atoms with Gasteiger partial charge in [0.1, 0.15) is 11.3 Å². The highest BCUT2D eigenvalue weighted by Crippen LogP contribution is 2.40. The Hall–Kier alpha value is -3.16. The van der Waals surface area contributed by atoms with Crippen molar-refractivity contribution >= 4 is 23.7 Å². The normalized spacial score (nSPS) is 24.0. The number of aromatic nitrogens is 1. The van der Waals surface area contributed by atoms with Gasteiger partial charge in [-0.3, -0.25) is 14.5 Å². The van der Waals surface area contributed by atoms with E-state index in [9.17, 15) is 14.4 Å². The Bertz CT molecular complexity index is 916. The average molecular weight is 396 g/mol. The van der Waals surface area contributed by atoms with Gasteiger partial charge in [-0.05, 0) is 44.1 Å². The molecular formula is C21H24N4O4. The van der Waals surface area contributed by atoms with Crippen LogP contribution in [0.1, 0.15) is 49.3 Å². The summed E-state index contributed by atoms with van der Waals surface area (Å²) >= 11 is 0. The van der Waals surface area contributed by atoms with Gasteiger partial charge in [-0.15, -0.1) is 0 Å². The van der Waals surface area contributed by atoms with Crippen LogP contribution in [-0.2, 0) is 9.59 Å². The Kier molecular flexibility index (Phi) is 5.08. The minimum atomic E-state index is -0.831. The SMILES string of the molecule is Cc1cc(NC(=O)CCN2C(=O)NC3(CCC(c4ccccc4)CC3)C2=O)no1. The van der Waals surface area contributed by atoms with E-state index in [1.54, 1.807) is 13.0 Å². The zero-order valence-electron chi connectivity index (χ0n) is 16.3. The number of aryl methyl sites for hydroxylation is 1. The van der Waals surface area contributed by atoms with Crippen molar-refractivity contribution in [1.82, 2.24) is 15.4 Å². The van der Waals surface area contributed by atoms with Crippen LogP contribution in [-0.4, -0.2) is 40.0 Å². The molecule has 4 rings (SSSR count). The van der Waals surface area contributed by atoms with Crippen molar-refractivity contribution in [2.45, 2.75) is 50.5 Å². The first-order valence-corrected chi connectivity index (χ1v) is 9.89. The van der Waals surface area contributed by atoms with E-state index in [-0.39, 0.29) is 24.8 Å². The molecule has 2 heterocycles. The quantitative estimate of drug-likeness (QED) is 0.756. The van der Waals surface area contributed by atoms with Crippen molar-refractivity contribution in [2.24, 2.45) is 0 Å². The second kappa shape index (κ2) is 7.69. The molecule has 29 heavy (non-hydrogen) atoms. The average Bonchev–Trinajstić information content (AvgIpc) is 3.22. The molecule has 8 heteroatoms. The van der Waals surface area contributed by atoms with E-state index in [0.717, 1.165) is 17.7 Å². The van der Waals surface area contributed by atoms with Crippen molar-refractivity contribution in [3.63, 3.8) is 0 Å². The van der Waals surface area contributed by atoms with E-state index in [2.05, 4.69) is 27.9 Å². The molecule has 0 radical (unpaired) electrons. The summed E-state index contributed by atoms with van der Waals surface area (Å²) in [5.74, 6) is 0.756. The van der Waals surface area contributed by atoms with Crippen LogP contribution in [0.5, 0.6) is 0 Å². The van der Waals surface area contributed by atoms with Crippen LogP contribution in [0.3, 0.4) is 0 Å². The largest absolute Gasteiger partial charge is 0.360 e. The van der Waals surface area contributed by atoms with Crippen LogP contribution in [0.25, 0.3) is 0 Å². The molecule has 8 nitrogen and oxygen atoms in total. The number of urea groups is 1. The number of nitrogens with zero attached hydrogens (tertiary/aromatic N) is 2. The predicted octanol–water partition coefficient (Wildman–Crippen LogP) is 2.96. The molecule has 1 spiro atoms. The van der Waals surface area contributed by atoms with E-state index < -0.39 is 11.6 Å². The number of hydrogen-bond donors (Lipinski definition) is 2. The summed E-state index contributed by atoms with van der Waals surface area (Å²) in [6, 6.07) is 11.4. The van der Waals surface area contributed by atoms with Crippen LogP contribution in [0, 0.1) is 6.92 Å². The third-order valence-corrected chi connectivity index (χ3v) is 5.81. The molecule has 2 fully saturated rings. The number of benzene rings is 1. The highest BCUT2D eigenvalue weighted by Gasteiger charge is 2.52. The van der Waals surface area contributed by atoms with Crippen LogP contribution in [0.4, 0.5) is 10.6 Å². The molecule has 0 bridgehead atoms. The summed E-state index contributed by atoms with van der Waals surface area (Å²) in [6.45, 7) is 1.76. The van der Waals surface area contributed by atoms with Gasteiger partial charge in [0, 0.05) is 19.0 Å². The first-order valence-electron chi connectivity index (χ1n) is 9.89. The number of amides is 4. The number of carbonyl (C=O) groups is 3. The Balaban J connectivity index is 1.33. The Morgan fingerprint density at radius 3 is 2.66 bits per heavy atom. The minimum absolute atomic E-state index is 0.00773. The highest BCUT2D eigenvalue weighted by atomic mass is 16.5. The summed E-state index contributed by atoms with van der Waals surface area (Å²) in [5, 5.41) is 9.19. The summed E-state index contributed by atoms with van der Waals surface area (Å²) in [4.78, 5) is 38.7. The highest BCUT2D eigenvalue weighted by molar-refractivity contribution is 6.07. The molecule has 2 aromatic rings. The molecule has 4 amide bonds. The standard InChI is InChI=1S/C21H24N4O4/c1-14-13-17(24-29-14)22-18(26)9-12-25-19(27)21(23-20(25)28)10-7-16(8-11-21)15-5-3-2-4-6-15/h2-6,13,16H,7-12H2,1H3,(H,23,28)(H,22,24,26). The second-order valence-electron chi connectivity index (χ2n) is 7.77. The van der Waals surface area contributed by atoms with Gasteiger partial charge >= 0.3 is 6.03 Å². The lowest BCUT2D eigenvalue weighted by atomic mass is 9.74. The number of rotatable bonds is 5. The fraction of sp³-hybridized carbons (Fsp3) is 0.429. The smallest absolute Gasteiger partial charge is 0.325 e. The summed E-state index contributed by atoms with van der Waals surface area (Å²) in [6.07, 6.45) is 2.91. The molecule has 1 aromatic carbocycles. The molecule has 1 saturated carbocycles. The molecular weight excluding hydrogens is 372 g/mol. The fourth-order valence-corrected chi connectivity index (χ4v) is 4.23. The lowest BCUT2D eigenvalue weighted by molar-refractivity contribution is -0.132. The van der Waals surface area contributed by atoms with Gasteiger partial charge in [0.15, 0.2) is 5.82 Å². The van der Waals surface area contributed by atoms with Crippen molar-refractivity contribution in [1.29, 1.82) is 0 Å². The van der Waals surface area contributed by atoms with E-state index in [0.29, 0.717) is 30.3 Å². The van der Waals surface area contributed by atoms with Crippen molar-refractivity contribution in [2.75, 3.05) is 11.9 Å². The Labute approximate surface area is 168 Å². The van der Waals surface area contributed by atoms with Crippen LogP contribution in [0.15, 0.2) is 40.9 Å². The fourth-order valence-electron chi connectivity index (χ4n) is 4.23. The number of nitrogens with one attached hydrogen (secondary N) is 2. The first-order chi connectivity index (χ1) is 14.0. The zero-order chi connectivity index (χ0) is 20.4. The monoisotopic (exact) mass is 396 g/mol. The predicted molar refractivity (Wildman–Crippen MR) is 105 cm³/mol. The summed E-state index contributed by atoms with van der Waals surface area (Å²) < 4.78 is 4.90. The Morgan fingerprint density at radius 2 is 2.00 bits per heavy atom. The first kappa shape index (κ1) is 19.2. The molecule has 1 aliphatic carbocycles. The molecule has 1 saturated heterocycles. The molecule has 2 N–H and O–H groups in total. The van der Waals surface area contributed by atoms with E-state index in [1.165, 1.54) is 5.56 Å². The lowest BCUT2D eigenvalue weighted by Crippen LogP contribution is -2.49. The van der Waals surface area contributed by atoms with Crippen LogP contribution < -0.4 is 10.6 Å². The molecule has 0 unspecified atom stereocenters. The third kappa shape index (κ3) is 3.87. The molecule has 1 aliphatic heterocycles. The van der Waals surface area contributed by atoms with Crippen molar-refractivity contribution < 1.29 is 18.9 Å². The molecule has 1 aromatic heterocycles. The number of carbonyl (C=O) groups excluding carboxylic acids is 3.